The summed E-state index contributed by atoms with van der Waals surface area (Å²) < 4.78 is 5.12. The van der Waals surface area contributed by atoms with Gasteiger partial charge in [-0.15, -0.1) is 0 Å². The highest BCUT2D eigenvalue weighted by atomic mass is 16.5. The van der Waals surface area contributed by atoms with Crippen LogP contribution in [0, 0.1) is 6.07 Å². The van der Waals surface area contributed by atoms with Crippen molar-refractivity contribution in [2.45, 2.75) is 13.5 Å². The summed E-state index contributed by atoms with van der Waals surface area (Å²) in [6.07, 6.45) is 0. The van der Waals surface area contributed by atoms with Crippen LogP contribution in [0.2, 0.25) is 0 Å². The van der Waals surface area contributed by atoms with Crippen molar-refractivity contribution in [3.63, 3.8) is 0 Å². The molecule has 0 N–H and O–H groups in total. The molecule has 0 aromatic heterocycles. The van der Waals surface area contributed by atoms with Gasteiger partial charge in [0.25, 0.3) is 0 Å². The van der Waals surface area contributed by atoms with Gasteiger partial charge >= 0.3 is 0 Å². The molecule has 1 aromatic carbocycles. The molecule has 2 nitrogen and oxygen atoms in total. The van der Waals surface area contributed by atoms with E-state index in [0.29, 0.717) is 6.61 Å². The summed E-state index contributed by atoms with van der Waals surface area (Å²) in [7, 11) is 0. The van der Waals surface area contributed by atoms with Crippen molar-refractivity contribution in [3.8, 4) is 0 Å². The van der Waals surface area contributed by atoms with E-state index >= 15 is 0 Å². The van der Waals surface area contributed by atoms with Gasteiger partial charge in [-0.3, -0.25) is 4.79 Å². The summed E-state index contributed by atoms with van der Waals surface area (Å²) in [6.45, 7) is 2.20. The second-order valence-corrected chi connectivity index (χ2v) is 2.60. The van der Waals surface area contributed by atoms with Crippen LogP contribution < -0.4 is 0 Å². The average molecular weight is 163 g/mol. The molecule has 0 aliphatic carbocycles. The molecule has 0 unspecified atom stereocenters. The molecule has 0 spiro atoms. The lowest BCUT2D eigenvalue weighted by molar-refractivity contribution is -0.121. The fraction of sp³-hybridized carbons (Fsp3) is 0.300. The van der Waals surface area contributed by atoms with Crippen molar-refractivity contribution >= 4 is 5.78 Å². The van der Waals surface area contributed by atoms with Crippen LogP contribution in [0.15, 0.2) is 24.3 Å². The SMILES string of the molecule is CC(=O)COCc1cc[c]cc1. The van der Waals surface area contributed by atoms with Crippen LogP contribution in [0.5, 0.6) is 0 Å². The molecule has 0 aliphatic rings. The Morgan fingerprint density at radius 1 is 1.50 bits per heavy atom. The maximum absolute atomic E-state index is 10.5. The molecule has 1 radical (unpaired) electrons. The number of ketones is 1. The Kier molecular flexibility index (Phi) is 3.48. The Morgan fingerprint density at radius 3 is 2.75 bits per heavy atom. The van der Waals surface area contributed by atoms with Crippen LogP contribution in [0.1, 0.15) is 12.5 Å². The Morgan fingerprint density at radius 2 is 2.17 bits per heavy atom. The predicted octanol–water partition coefficient (Wildman–Crippen LogP) is 1.59. The minimum absolute atomic E-state index is 0.0532. The first-order valence-corrected chi connectivity index (χ1v) is 3.81. The van der Waals surface area contributed by atoms with Gasteiger partial charge in [0, 0.05) is 0 Å². The molecule has 0 saturated carbocycles. The van der Waals surface area contributed by atoms with Crippen LogP contribution >= 0.6 is 0 Å². The highest BCUT2D eigenvalue weighted by Gasteiger charge is 1.93. The van der Waals surface area contributed by atoms with Gasteiger partial charge in [0.05, 0.1) is 6.61 Å². The third kappa shape index (κ3) is 3.30. The highest BCUT2D eigenvalue weighted by molar-refractivity contribution is 5.76. The number of Topliss-reactive ketones (excluding diaryl/α,β-unsaturated/α-hetero) is 1. The Bertz CT molecular complexity index is 241. The van der Waals surface area contributed by atoms with E-state index in [9.17, 15) is 4.79 Å². The third-order valence-electron chi connectivity index (χ3n) is 1.36. The Hall–Kier alpha value is -1.15. The van der Waals surface area contributed by atoms with Gasteiger partial charge in [-0.2, -0.15) is 0 Å². The molecule has 2 heteroatoms. The van der Waals surface area contributed by atoms with Gasteiger partial charge in [-0.25, -0.2) is 0 Å². The number of hydrogen-bond acceptors (Lipinski definition) is 2. The fourth-order valence-corrected chi connectivity index (χ4v) is 0.830. The summed E-state index contributed by atoms with van der Waals surface area (Å²) in [5, 5.41) is 0. The van der Waals surface area contributed by atoms with Gasteiger partial charge in [0.15, 0.2) is 5.78 Å². The zero-order chi connectivity index (χ0) is 8.81. The molecule has 0 amide bonds. The molecule has 12 heavy (non-hydrogen) atoms. The number of carbonyl (C=O) groups excluding carboxylic acids is 1. The lowest BCUT2D eigenvalue weighted by atomic mass is 10.2. The topological polar surface area (TPSA) is 26.3 Å². The number of rotatable bonds is 4. The maximum atomic E-state index is 10.5. The quantitative estimate of drug-likeness (QED) is 0.673. The second kappa shape index (κ2) is 4.67. The molecular formula is C10H11O2. The van der Waals surface area contributed by atoms with Crippen molar-refractivity contribution in [3.05, 3.63) is 35.9 Å². The van der Waals surface area contributed by atoms with Crippen LogP contribution in [0.3, 0.4) is 0 Å². The number of carbonyl (C=O) groups is 1. The van der Waals surface area contributed by atoms with E-state index in [1.807, 2.05) is 24.3 Å². The monoisotopic (exact) mass is 163 g/mol. The summed E-state index contributed by atoms with van der Waals surface area (Å²) >= 11 is 0. The van der Waals surface area contributed by atoms with E-state index in [2.05, 4.69) is 6.07 Å². The van der Waals surface area contributed by atoms with E-state index in [1.54, 1.807) is 0 Å². The van der Waals surface area contributed by atoms with E-state index in [-0.39, 0.29) is 12.4 Å². The first-order chi connectivity index (χ1) is 5.79. The summed E-state index contributed by atoms with van der Waals surface area (Å²) in [5.74, 6) is 0.0532. The minimum Gasteiger partial charge on any atom is -0.369 e. The number of benzene rings is 1. The lowest BCUT2D eigenvalue weighted by Gasteiger charge is -2.00. The van der Waals surface area contributed by atoms with Crippen LogP contribution in [0.4, 0.5) is 0 Å². The van der Waals surface area contributed by atoms with E-state index in [4.69, 9.17) is 4.74 Å². The van der Waals surface area contributed by atoms with Crippen molar-refractivity contribution in [1.82, 2.24) is 0 Å². The Balaban J connectivity index is 2.29. The van der Waals surface area contributed by atoms with Gasteiger partial charge < -0.3 is 4.74 Å². The molecule has 0 atom stereocenters. The first-order valence-electron chi connectivity index (χ1n) is 3.81. The number of ether oxygens (including phenoxy) is 1. The molecule has 1 rings (SSSR count). The standard InChI is InChI=1S/C10H11O2/c1-9(11)7-12-8-10-5-3-2-4-6-10/h3-6H,7-8H2,1H3. The van der Waals surface area contributed by atoms with Gasteiger partial charge in [-0.05, 0) is 18.6 Å². The molecule has 63 valence electrons. The molecular weight excluding hydrogens is 152 g/mol. The smallest absolute Gasteiger partial charge is 0.155 e. The average Bonchev–Trinajstić information content (AvgIpc) is 2.05. The zero-order valence-electron chi connectivity index (χ0n) is 7.04. The first kappa shape index (κ1) is 8.94. The van der Waals surface area contributed by atoms with Crippen LogP contribution in [-0.2, 0) is 16.1 Å². The van der Waals surface area contributed by atoms with E-state index in [0.717, 1.165) is 5.56 Å². The van der Waals surface area contributed by atoms with Crippen molar-refractivity contribution in [1.29, 1.82) is 0 Å². The Labute approximate surface area is 72.2 Å². The highest BCUT2D eigenvalue weighted by Crippen LogP contribution is 1.99. The van der Waals surface area contributed by atoms with Crippen LogP contribution in [-0.4, -0.2) is 12.4 Å². The maximum Gasteiger partial charge on any atom is 0.155 e. The minimum atomic E-state index is 0.0532. The predicted molar refractivity (Wildman–Crippen MR) is 45.6 cm³/mol. The largest absolute Gasteiger partial charge is 0.369 e. The molecule has 1 aromatic rings. The summed E-state index contributed by atoms with van der Waals surface area (Å²) in [6, 6.07) is 10.4. The van der Waals surface area contributed by atoms with Crippen molar-refractivity contribution in [2.75, 3.05) is 6.61 Å². The lowest BCUT2D eigenvalue weighted by Crippen LogP contribution is -2.03. The molecule has 0 bridgehead atoms. The third-order valence-corrected chi connectivity index (χ3v) is 1.36. The summed E-state index contributed by atoms with van der Waals surface area (Å²) in [5.41, 5.74) is 1.06. The molecule has 0 heterocycles. The summed E-state index contributed by atoms with van der Waals surface area (Å²) in [4.78, 5) is 10.5. The van der Waals surface area contributed by atoms with E-state index in [1.165, 1.54) is 6.92 Å². The van der Waals surface area contributed by atoms with Gasteiger partial charge in [0.1, 0.15) is 6.61 Å². The molecule has 0 aliphatic heterocycles. The zero-order valence-corrected chi connectivity index (χ0v) is 7.04. The normalized spacial score (nSPS) is 9.75. The second-order valence-electron chi connectivity index (χ2n) is 2.60. The van der Waals surface area contributed by atoms with E-state index < -0.39 is 0 Å². The van der Waals surface area contributed by atoms with Gasteiger partial charge in [-0.1, -0.05) is 24.3 Å². The van der Waals surface area contributed by atoms with Crippen LogP contribution in [0.25, 0.3) is 0 Å². The van der Waals surface area contributed by atoms with Crippen molar-refractivity contribution in [2.24, 2.45) is 0 Å². The van der Waals surface area contributed by atoms with Crippen molar-refractivity contribution < 1.29 is 9.53 Å². The number of hydrogen-bond donors (Lipinski definition) is 0. The fourth-order valence-electron chi connectivity index (χ4n) is 0.830. The molecule has 0 saturated heterocycles. The molecule has 0 fully saturated rings. The van der Waals surface area contributed by atoms with Gasteiger partial charge in [0.2, 0.25) is 0 Å².